The number of ketones is 1. The number of piperidine rings is 1. The number of hydrogen-bond acceptors (Lipinski definition) is 4. The lowest BCUT2D eigenvalue weighted by Crippen LogP contribution is -2.36. The second-order valence-electron chi connectivity index (χ2n) is 5.42. The molecule has 0 aliphatic carbocycles. The van der Waals surface area contributed by atoms with Crippen LogP contribution in [0.1, 0.15) is 31.7 Å². The molecule has 1 aromatic rings. The average molecular weight is 291 g/mol. The fourth-order valence-electron chi connectivity index (χ4n) is 3.06. The summed E-state index contributed by atoms with van der Waals surface area (Å²) in [7, 11) is -3.68. The Labute approximate surface area is 119 Å². The number of hydrogen-bond donors (Lipinski definition) is 0. The Morgan fingerprint density at radius 2 is 2.00 bits per heavy atom. The van der Waals surface area contributed by atoms with Gasteiger partial charge in [-0.25, -0.2) is 8.42 Å². The lowest BCUT2D eigenvalue weighted by molar-refractivity contribution is -0.113. The van der Waals surface area contributed by atoms with Crippen molar-refractivity contribution in [2.75, 3.05) is 11.4 Å². The van der Waals surface area contributed by atoms with Crippen LogP contribution in [0.4, 0.5) is 5.69 Å². The molecule has 5 heteroatoms. The first-order chi connectivity index (χ1) is 9.43. The minimum atomic E-state index is -3.68. The van der Waals surface area contributed by atoms with E-state index in [-0.39, 0.29) is 15.6 Å². The Hall–Kier alpha value is -1.62. The Balaban J connectivity index is 2.35. The highest BCUT2D eigenvalue weighted by Crippen LogP contribution is 2.42. The first-order valence-corrected chi connectivity index (χ1v) is 8.28. The van der Waals surface area contributed by atoms with Gasteiger partial charge in [-0.05, 0) is 50.8 Å². The number of sulfone groups is 1. The molecule has 1 saturated heterocycles. The number of rotatable bonds is 1. The van der Waals surface area contributed by atoms with Crippen LogP contribution in [0.25, 0.3) is 0 Å². The zero-order valence-electron chi connectivity index (χ0n) is 11.6. The predicted molar refractivity (Wildman–Crippen MR) is 77.3 cm³/mol. The molecule has 0 amide bonds. The van der Waals surface area contributed by atoms with Gasteiger partial charge in [-0.3, -0.25) is 4.79 Å². The Morgan fingerprint density at radius 1 is 1.25 bits per heavy atom. The smallest absolute Gasteiger partial charge is 0.213 e. The standard InChI is InChI=1S/C15H17NO3S/c1-10-6-7-14-13(9-10)16-8-4-3-5-12(16)15(11(2)17)20(14,18)19/h6-7,9H,3-5,8H2,1-2H3. The normalized spacial score (nSPS) is 20.4. The van der Waals surface area contributed by atoms with E-state index < -0.39 is 9.84 Å². The monoisotopic (exact) mass is 291 g/mol. The summed E-state index contributed by atoms with van der Waals surface area (Å²) in [5.41, 5.74) is 2.43. The summed E-state index contributed by atoms with van der Waals surface area (Å²) < 4.78 is 25.4. The highest BCUT2D eigenvalue weighted by molar-refractivity contribution is 7.96. The molecule has 0 saturated carbocycles. The highest BCUT2D eigenvalue weighted by atomic mass is 32.2. The van der Waals surface area contributed by atoms with Crippen LogP contribution in [0.3, 0.4) is 0 Å². The third-order valence-corrected chi connectivity index (χ3v) is 5.90. The van der Waals surface area contributed by atoms with E-state index in [1.807, 2.05) is 17.9 Å². The molecular formula is C15H17NO3S. The fourth-order valence-corrected chi connectivity index (χ4v) is 4.87. The molecule has 0 unspecified atom stereocenters. The molecule has 1 aromatic carbocycles. The van der Waals surface area contributed by atoms with Crippen LogP contribution in [-0.2, 0) is 14.6 Å². The molecule has 1 fully saturated rings. The van der Waals surface area contributed by atoms with Crippen molar-refractivity contribution in [1.82, 2.24) is 0 Å². The Morgan fingerprint density at radius 3 is 2.70 bits per heavy atom. The van der Waals surface area contributed by atoms with Crippen LogP contribution < -0.4 is 4.90 Å². The summed E-state index contributed by atoms with van der Waals surface area (Å²) in [6.07, 6.45) is 2.60. The van der Waals surface area contributed by atoms with Gasteiger partial charge in [-0.15, -0.1) is 0 Å². The summed E-state index contributed by atoms with van der Waals surface area (Å²) in [6.45, 7) is 4.06. The third-order valence-electron chi connectivity index (χ3n) is 3.92. The van der Waals surface area contributed by atoms with Crippen molar-refractivity contribution >= 4 is 21.3 Å². The zero-order chi connectivity index (χ0) is 14.5. The van der Waals surface area contributed by atoms with Gasteiger partial charge in [0.15, 0.2) is 5.78 Å². The number of anilines is 1. The Bertz CT molecular complexity index is 731. The van der Waals surface area contributed by atoms with E-state index >= 15 is 0 Å². The molecule has 3 rings (SSSR count). The predicted octanol–water partition coefficient (Wildman–Crippen LogP) is 2.57. The summed E-state index contributed by atoms with van der Waals surface area (Å²) in [4.78, 5) is 14.2. The van der Waals surface area contributed by atoms with Crippen LogP contribution in [0.2, 0.25) is 0 Å². The van der Waals surface area contributed by atoms with Crippen molar-refractivity contribution in [3.05, 3.63) is 34.4 Å². The Kier molecular flexibility index (Phi) is 2.97. The fraction of sp³-hybridized carbons (Fsp3) is 0.400. The van der Waals surface area contributed by atoms with E-state index in [4.69, 9.17) is 0 Å². The molecule has 0 radical (unpaired) electrons. The van der Waals surface area contributed by atoms with Crippen LogP contribution in [0, 0.1) is 6.92 Å². The van der Waals surface area contributed by atoms with E-state index in [0.29, 0.717) is 12.1 Å². The van der Waals surface area contributed by atoms with Crippen molar-refractivity contribution < 1.29 is 13.2 Å². The van der Waals surface area contributed by atoms with Gasteiger partial charge in [0, 0.05) is 12.2 Å². The van der Waals surface area contributed by atoms with E-state index in [1.165, 1.54) is 6.92 Å². The van der Waals surface area contributed by atoms with Gasteiger partial charge >= 0.3 is 0 Å². The van der Waals surface area contributed by atoms with Crippen LogP contribution in [0.15, 0.2) is 33.7 Å². The molecule has 4 nitrogen and oxygen atoms in total. The van der Waals surface area contributed by atoms with Gasteiger partial charge < -0.3 is 4.90 Å². The molecule has 0 atom stereocenters. The maximum Gasteiger partial charge on any atom is 0.213 e. The maximum atomic E-state index is 12.7. The molecule has 2 heterocycles. The van der Waals surface area contributed by atoms with Gasteiger partial charge in [0.2, 0.25) is 9.84 Å². The minimum absolute atomic E-state index is 0.00597. The van der Waals surface area contributed by atoms with Crippen molar-refractivity contribution in [2.45, 2.75) is 38.0 Å². The highest BCUT2D eigenvalue weighted by Gasteiger charge is 2.39. The second kappa shape index (κ2) is 4.45. The van der Waals surface area contributed by atoms with E-state index in [2.05, 4.69) is 0 Å². The van der Waals surface area contributed by atoms with Crippen molar-refractivity contribution in [2.24, 2.45) is 0 Å². The van der Waals surface area contributed by atoms with Crippen molar-refractivity contribution in [3.63, 3.8) is 0 Å². The lowest BCUT2D eigenvalue weighted by atomic mass is 10.0. The van der Waals surface area contributed by atoms with E-state index in [9.17, 15) is 13.2 Å². The number of Topliss-reactive ketones (excluding diaryl/α,β-unsaturated/α-hetero) is 1. The average Bonchev–Trinajstić information content (AvgIpc) is 2.37. The van der Waals surface area contributed by atoms with Gasteiger partial charge in [0.1, 0.15) is 4.91 Å². The van der Waals surface area contributed by atoms with Gasteiger partial charge in [-0.2, -0.15) is 0 Å². The molecule has 2 aliphatic rings. The number of allylic oxidation sites excluding steroid dienone is 2. The van der Waals surface area contributed by atoms with Crippen LogP contribution in [0.5, 0.6) is 0 Å². The van der Waals surface area contributed by atoms with Crippen molar-refractivity contribution in [3.8, 4) is 0 Å². The third kappa shape index (κ3) is 1.80. The molecule has 0 bridgehead atoms. The van der Waals surface area contributed by atoms with Gasteiger partial charge in [0.25, 0.3) is 0 Å². The van der Waals surface area contributed by atoms with Gasteiger partial charge in [0.05, 0.1) is 10.6 Å². The van der Waals surface area contributed by atoms with E-state index in [1.54, 1.807) is 12.1 Å². The summed E-state index contributed by atoms with van der Waals surface area (Å²) >= 11 is 0. The maximum absolute atomic E-state index is 12.7. The molecular weight excluding hydrogens is 274 g/mol. The largest absolute Gasteiger partial charge is 0.343 e. The number of benzene rings is 1. The lowest BCUT2D eigenvalue weighted by Gasteiger charge is -2.37. The van der Waals surface area contributed by atoms with Crippen LogP contribution in [-0.4, -0.2) is 20.7 Å². The SMILES string of the molecule is CC(=O)C1=C2CCCCN2c2cc(C)ccc2S1(=O)=O. The summed E-state index contributed by atoms with van der Waals surface area (Å²) in [6, 6.07) is 5.30. The zero-order valence-corrected chi connectivity index (χ0v) is 12.5. The topological polar surface area (TPSA) is 54.5 Å². The van der Waals surface area contributed by atoms with Crippen molar-refractivity contribution in [1.29, 1.82) is 0 Å². The number of carbonyl (C=O) groups excluding carboxylic acids is 1. The molecule has 0 N–H and O–H groups in total. The summed E-state index contributed by atoms with van der Waals surface area (Å²) in [5, 5.41) is 0. The number of nitrogens with zero attached hydrogens (tertiary/aromatic N) is 1. The molecule has 106 valence electrons. The quantitative estimate of drug-likeness (QED) is 0.798. The molecule has 0 spiro atoms. The first kappa shape index (κ1) is 13.4. The summed E-state index contributed by atoms with van der Waals surface area (Å²) in [5.74, 6) is -0.363. The number of fused-ring (bicyclic) bond motifs is 3. The minimum Gasteiger partial charge on any atom is -0.343 e. The first-order valence-electron chi connectivity index (χ1n) is 6.80. The number of aryl methyl sites for hydroxylation is 1. The second-order valence-corrected chi connectivity index (χ2v) is 7.27. The molecule has 0 aromatic heterocycles. The number of carbonyl (C=O) groups is 1. The molecule has 2 aliphatic heterocycles. The van der Waals surface area contributed by atoms with Gasteiger partial charge in [-0.1, -0.05) is 6.07 Å². The van der Waals surface area contributed by atoms with Crippen LogP contribution >= 0.6 is 0 Å². The van der Waals surface area contributed by atoms with E-state index in [0.717, 1.165) is 30.6 Å². The molecule has 20 heavy (non-hydrogen) atoms.